The van der Waals surface area contributed by atoms with Gasteiger partial charge in [0.25, 0.3) is 0 Å². The molecule has 0 fully saturated rings. The van der Waals surface area contributed by atoms with Crippen molar-refractivity contribution in [1.82, 2.24) is 19.8 Å². The summed E-state index contributed by atoms with van der Waals surface area (Å²) in [6.45, 7) is 1.60. The Kier molecular flexibility index (Phi) is 5.20. The fourth-order valence-corrected chi connectivity index (χ4v) is 2.91. The second-order valence-electron chi connectivity index (χ2n) is 6.64. The zero-order chi connectivity index (χ0) is 20.2. The summed E-state index contributed by atoms with van der Waals surface area (Å²) in [6.07, 6.45) is 1.27. The highest BCUT2D eigenvalue weighted by molar-refractivity contribution is 5.75. The SMILES string of the molecule is COc1ccc(-c2nnc3ccc(Oc4ccc(CCC(C)=O)cc4)nn23)cc1. The minimum Gasteiger partial charge on any atom is -0.497 e. The number of hydrogen-bond donors (Lipinski definition) is 0. The zero-order valence-corrected chi connectivity index (χ0v) is 16.2. The smallest absolute Gasteiger partial charge is 0.237 e. The second-order valence-corrected chi connectivity index (χ2v) is 6.64. The standard InChI is InChI=1S/C22H20N4O3/c1-15(27)3-4-16-5-9-19(10-6-16)29-21-14-13-20-23-24-22(26(20)25-21)17-7-11-18(28-2)12-8-17/h5-14H,3-4H2,1-2H3. The van der Waals surface area contributed by atoms with Gasteiger partial charge >= 0.3 is 0 Å². The Hall–Kier alpha value is -3.74. The topological polar surface area (TPSA) is 78.6 Å². The zero-order valence-electron chi connectivity index (χ0n) is 16.2. The molecule has 0 atom stereocenters. The number of ketones is 1. The van der Waals surface area contributed by atoms with E-state index in [9.17, 15) is 4.79 Å². The molecular formula is C22H20N4O3. The largest absolute Gasteiger partial charge is 0.497 e. The molecule has 0 aliphatic heterocycles. The normalized spacial score (nSPS) is 10.8. The van der Waals surface area contributed by atoms with E-state index in [0.717, 1.165) is 23.3 Å². The predicted molar refractivity (Wildman–Crippen MR) is 108 cm³/mol. The van der Waals surface area contributed by atoms with Crippen molar-refractivity contribution < 1.29 is 14.3 Å². The Morgan fingerprint density at radius 1 is 0.931 bits per heavy atom. The van der Waals surface area contributed by atoms with Crippen LogP contribution in [0.1, 0.15) is 18.9 Å². The van der Waals surface area contributed by atoms with Crippen molar-refractivity contribution in [3.8, 4) is 28.8 Å². The average molecular weight is 388 g/mol. The molecule has 0 aliphatic rings. The van der Waals surface area contributed by atoms with Crippen LogP contribution in [0.3, 0.4) is 0 Å². The Morgan fingerprint density at radius 3 is 2.34 bits per heavy atom. The number of methoxy groups -OCH3 is 1. The molecule has 2 aromatic heterocycles. The molecule has 2 aromatic carbocycles. The molecule has 0 bridgehead atoms. The van der Waals surface area contributed by atoms with Gasteiger partial charge in [-0.2, -0.15) is 4.52 Å². The van der Waals surface area contributed by atoms with E-state index >= 15 is 0 Å². The minimum atomic E-state index is 0.185. The third-order valence-corrected chi connectivity index (χ3v) is 4.50. The van der Waals surface area contributed by atoms with E-state index in [0.29, 0.717) is 29.5 Å². The number of aryl methyl sites for hydroxylation is 1. The number of benzene rings is 2. The Balaban J connectivity index is 1.56. The van der Waals surface area contributed by atoms with Crippen LogP contribution >= 0.6 is 0 Å². The third kappa shape index (κ3) is 4.24. The van der Waals surface area contributed by atoms with Crippen molar-refractivity contribution in [3.63, 3.8) is 0 Å². The molecule has 0 saturated heterocycles. The number of carbonyl (C=O) groups excluding carboxylic acids is 1. The maximum atomic E-state index is 11.1. The van der Waals surface area contributed by atoms with Crippen LogP contribution in [0.4, 0.5) is 0 Å². The van der Waals surface area contributed by atoms with Crippen molar-refractivity contribution in [2.45, 2.75) is 19.8 Å². The van der Waals surface area contributed by atoms with Crippen molar-refractivity contribution in [3.05, 3.63) is 66.2 Å². The van der Waals surface area contributed by atoms with Crippen molar-refractivity contribution in [2.75, 3.05) is 7.11 Å². The van der Waals surface area contributed by atoms with Gasteiger partial charge in [-0.25, -0.2) is 0 Å². The third-order valence-electron chi connectivity index (χ3n) is 4.50. The van der Waals surface area contributed by atoms with Crippen LogP contribution in [0, 0.1) is 0 Å². The second kappa shape index (κ2) is 8.10. The molecule has 146 valence electrons. The van der Waals surface area contributed by atoms with Gasteiger partial charge in [-0.1, -0.05) is 12.1 Å². The van der Waals surface area contributed by atoms with E-state index in [4.69, 9.17) is 9.47 Å². The maximum Gasteiger partial charge on any atom is 0.237 e. The number of fused-ring (bicyclic) bond motifs is 1. The highest BCUT2D eigenvalue weighted by Crippen LogP contribution is 2.24. The van der Waals surface area contributed by atoms with E-state index in [-0.39, 0.29) is 5.78 Å². The lowest BCUT2D eigenvalue weighted by Crippen LogP contribution is -1.98. The number of rotatable bonds is 7. The lowest BCUT2D eigenvalue weighted by atomic mass is 10.1. The fourth-order valence-electron chi connectivity index (χ4n) is 2.91. The summed E-state index contributed by atoms with van der Waals surface area (Å²) in [5.74, 6) is 2.68. The van der Waals surface area contributed by atoms with Gasteiger partial charge in [-0.15, -0.1) is 15.3 Å². The Labute approximate surface area is 167 Å². The molecule has 7 nitrogen and oxygen atoms in total. The number of nitrogens with zero attached hydrogens (tertiary/aromatic N) is 4. The number of Topliss-reactive ketones (excluding diaryl/α,β-unsaturated/α-hetero) is 1. The van der Waals surface area contributed by atoms with Gasteiger partial charge in [-0.05, 0) is 61.4 Å². The molecule has 4 aromatic rings. The van der Waals surface area contributed by atoms with Crippen LogP contribution < -0.4 is 9.47 Å². The summed E-state index contributed by atoms with van der Waals surface area (Å²) in [5, 5.41) is 12.9. The molecule has 4 rings (SSSR count). The van der Waals surface area contributed by atoms with Crippen molar-refractivity contribution >= 4 is 11.4 Å². The van der Waals surface area contributed by atoms with Crippen molar-refractivity contribution in [2.24, 2.45) is 0 Å². The molecule has 0 radical (unpaired) electrons. The fraction of sp³-hybridized carbons (Fsp3) is 0.182. The minimum absolute atomic E-state index is 0.185. The van der Waals surface area contributed by atoms with E-state index in [1.807, 2.05) is 54.6 Å². The lowest BCUT2D eigenvalue weighted by Gasteiger charge is -2.07. The highest BCUT2D eigenvalue weighted by Gasteiger charge is 2.11. The number of carbonyl (C=O) groups is 1. The quantitative estimate of drug-likeness (QED) is 0.474. The van der Waals surface area contributed by atoms with Crippen LogP contribution in [-0.4, -0.2) is 32.7 Å². The highest BCUT2D eigenvalue weighted by atomic mass is 16.5. The van der Waals surface area contributed by atoms with Gasteiger partial charge in [0.1, 0.15) is 17.3 Å². The van der Waals surface area contributed by atoms with E-state index < -0.39 is 0 Å². The molecule has 0 amide bonds. The van der Waals surface area contributed by atoms with E-state index in [2.05, 4.69) is 15.3 Å². The Morgan fingerprint density at radius 2 is 1.66 bits per heavy atom. The molecule has 0 aliphatic carbocycles. The van der Waals surface area contributed by atoms with Crippen LogP contribution in [0.5, 0.6) is 17.4 Å². The lowest BCUT2D eigenvalue weighted by molar-refractivity contribution is -0.116. The molecule has 0 unspecified atom stereocenters. The van der Waals surface area contributed by atoms with Crippen LogP contribution in [-0.2, 0) is 11.2 Å². The summed E-state index contributed by atoms with van der Waals surface area (Å²) < 4.78 is 12.7. The van der Waals surface area contributed by atoms with Gasteiger partial charge in [-0.3, -0.25) is 0 Å². The first kappa shape index (κ1) is 18.6. The summed E-state index contributed by atoms with van der Waals surface area (Å²) in [5.41, 5.74) is 2.59. The summed E-state index contributed by atoms with van der Waals surface area (Å²) >= 11 is 0. The first-order valence-electron chi connectivity index (χ1n) is 9.25. The summed E-state index contributed by atoms with van der Waals surface area (Å²) in [7, 11) is 1.63. The van der Waals surface area contributed by atoms with Gasteiger partial charge in [0, 0.05) is 18.1 Å². The van der Waals surface area contributed by atoms with Gasteiger partial charge in [0.05, 0.1) is 7.11 Å². The molecule has 0 saturated carbocycles. The number of hydrogen-bond acceptors (Lipinski definition) is 6. The molecule has 0 N–H and O–H groups in total. The van der Waals surface area contributed by atoms with Gasteiger partial charge in [0.2, 0.25) is 5.88 Å². The van der Waals surface area contributed by atoms with E-state index in [1.165, 1.54) is 0 Å². The number of aromatic nitrogens is 4. The maximum absolute atomic E-state index is 11.1. The molecule has 7 heteroatoms. The van der Waals surface area contributed by atoms with Crippen LogP contribution in [0.2, 0.25) is 0 Å². The van der Waals surface area contributed by atoms with Crippen molar-refractivity contribution in [1.29, 1.82) is 0 Å². The van der Waals surface area contributed by atoms with Crippen LogP contribution in [0.15, 0.2) is 60.7 Å². The van der Waals surface area contributed by atoms with Gasteiger partial charge < -0.3 is 14.3 Å². The number of ether oxygens (including phenoxy) is 2. The Bertz CT molecular complexity index is 1140. The van der Waals surface area contributed by atoms with Gasteiger partial charge in [0.15, 0.2) is 11.5 Å². The molecule has 0 spiro atoms. The van der Waals surface area contributed by atoms with Crippen LogP contribution in [0.25, 0.3) is 17.0 Å². The monoisotopic (exact) mass is 388 g/mol. The summed E-state index contributed by atoms with van der Waals surface area (Å²) in [4.78, 5) is 11.1. The summed E-state index contributed by atoms with van der Waals surface area (Å²) in [6, 6.07) is 18.8. The molecule has 29 heavy (non-hydrogen) atoms. The average Bonchev–Trinajstić information content (AvgIpc) is 3.16. The molecule has 2 heterocycles. The predicted octanol–water partition coefficient (Wildman–Crippen LogP) is 4.11. The first-order valence-corrected chi connectivity index (χ1v) is 9.25. The van der Waals surface area contributed by atoms with E-state index in [1.54, 1.807) is 24.6 Å². The molecular weight excluding hydrogens is 368 g/mol. The first-order chi connectivity index (χ1) is 14.1.